The molecule has 60 valence electrons. The van der Waals surface area contributed by atoms with Crippen LogP contribution in [0.5, 0.6) is 0 Å². The second-order valence-electron chi connectivity index (χ2n) is 2.49. The van der Waals surface area contributed by atoms with Crippen LogP contribution in [0.4, 0.5) is 0 Å². The highest BCUT2D eigenvalue weighted by Crippen LogP contribution is 2.12. The Hall–Kier alpha value is -0.500. The van der Waals surface area contributed by atoms with Crippen LogP contribution in [0.15, 0.2) is 17.2 Å². The van der Waals surface area contributed by atoms with Gasteiger partial charge in [-0.15, -0.1) is 12.6 Å². The van der Waals surface area contributed by atoms with E-state index >= 15 is 0 Å². The molecule has 1 heterocycles. The Morgan fingerprint density at radius 1 is 1.27 bits per heavy atom. The van der Waals surface area contributed by atoms with Crippen LogP contribution in [0.25, 0.3) is 0 Å². The molecule has 0 aromatic carbocycles. The number of aryl methyl sites for hydroxylation is 2. The molecule has 0 bridgehead atoms. The minimum Gasteiger partial charge on any atom is -0.247 e. The van der Waals surface area contributed by atoms with Crippen molar-refractivity contribution >= 4 is 12.6 Å². The molecule has 2 heteroatoms. The van der Waals surface area contributed by atoms with Gasteiger partial charge in [0.05, 0.1) is 5.03 Å². The topological polar surface area (TPSA) is 12.9 Å². The molecule has 0 aliphatic rings. The predicted octanol–water partition coefficient (Wildman–Crippen LogP) is 2.50. The van der Waals surface area contributed by atoms with Gasteiger partial charge in [-0.1, -0.05) is 19.9 Å². The van der Waals surface area contributed by atoms with Gasteiger partial charge in [0.2, 0.25) is 0 Å². The van der Waals surface area contributed by atoms with E-state index in [9.17, 15) is 0 Å². The lowest BCUT2D eigenvalue weighted by Crippen LogP contribution is -1.92. The average molecular weight is 167 g/mol. The minimum absolute atomic E-state index is 0.881. The van der Waals surface area contributed by atoms with Crippen molar-refractivity contribution in [3.63, 3.8) is 0 Å². The zero-order valence-electron chi connectivity index (χ0n) is 6.96. The van der Waals surface area contributed by atoms with Gasteiger partial charge in [-0.05, 0) is 24.5 Å². The third kappa shape index (κ3) is 1.96. The van der Waals surface area contributed by atoms with Crippen LogP contribution in [0, 0.1) is 0 Å². The lowest BCUT2D eigenvalue weighted by atomic mass is 10.2. The maximum atomic E-state index is 4.33. The number of thiol groups is 1. The van der Waals surface area contributed by atoms with E-state index in [2.05, 4.69) is 43.6 Å². The van der Waals surface area contributed by atoms with E-state index in [-0.39, 0.29) is 0 Å². The standard InChI is InChI=1S/C9H13NS/c1-3-7-5-6-8(4-2)10-9(7)11/h5-6H,3-4H2,1-2H3,(H,10,11). The Morgan fingerprint density at radius 3 is 2.45 bits per heavy atom. The Labute approximate surface area is 73.3 Å². The highest BCUT2D eigenvalue weighted by atomic mass is 32.1. The van der Waals surface area contributed by atoms with E-state index in [0.29, 0.717) is 0 Å². The molecule has 0 amide bonds. The van der Waals surface area contributed by atoms with Crippen LogP contribution in [0.1, 0.15) is 25.1 Å². The highest BCUT2D eigenvalue weighted by Gasteiger charge is 1.97. The first kappa shape index (κ1) is 8.60. The molecule has 0 saturated heterocycles. The summed E-state index contributed by atoms with van der Waals surface area (Å²) in [5.41, 5.74) is 2.35. The fourth-order valence-electron chi connectivity index (χ4n) is 0.989. The highest BCUT2D eigenvalue weighted by molar-refractivity contribution is 7.80. The van der Waals surface area contributed by atoms with Crippen molar-refractivity contribution in [2.24, 2.45) is 0 Å². The molecule has 0 atom stereocenters. The first-order chi connectivity index (χ1) is 5.27. The first-order valence-electron chi connectivity index (χ1n) is 3.95. The van der Waals surface area contributed by atoms with Crippen molar-refractivity contribution in [3.05, 3.63) is 23.4 Å². The van der Waals surface area contributed by atoms with E-state index in [1.54, 1.807) is 0 Å². The molecule has 0 aliphatic heterocycles. The molecule has 1 nitrogen and oxygen atoms in total. The number of nitrogens with zero attached hydrogens (tertiary/aromatic N) is 1. The summed E-state index contributed by atoms with van der Waals surface area (Å²) in [5.74, 6) is 0. The Morgan fingerprint density at radius 2 is 2.00 bits per heavy atom. The maximum absolute atomic E-state index is 4.33. The normalized spacial score (nSPS) is 10.1. The van der Waals surface area contributed by atoms with Crippen LogP contribution >= 0.6 is 12.6 Å². The SMILES string of the molecule is CCc1ccc(CC)c(S)n1. The molecule has 1 aromatic heterocycles. The summed E-state index contributed by atoms with van der Waals surface area (Å²) < 4.78 is 0. The Balaban J connectivity index is 2.99. The molecule has 0 fully saturated rings. The molecule has 1 rings (SSSR count). The quantitative estimate of drug-likeness (QED) is 0.668. The molecular weight excluding hydrogens is 154 g/mol. The number of pyridine rings is 1. The van der Waals surface area contributed by atoms with Crippen molar-refractivity contribution in [1.82, 2.24) is 4.98 Å². The summed E-state index contributed by atoms with van der Waals surface area (Å²) in [6, 6.07) is 4.17. The average Bonchev–Trinajstić information content (AvgIpc) is 2.04. The molecule has 1 aromatic rings. The van der Waals surface area contributed by atoms with Crippen LogP contribution in [0.2, 0.25) is 0 Å². The van der Waals surface area contributed by atoms with Crippen LogP contribution in [0.3, 0.4) is 0 Å². The van der Waals surface area contributed by atoms with E-state index in [1.807, 2.05) is 0 Å². The summed E-state index contributed by atoms with van der Waals surface area (Å²) in [4.78, 5) is 4.33. The van der Waals surface area contributed by atoms with Gasteiger partial charge in [0.25, 0.3) is 0 Å². The van der Waals surface area contributed by atoms with Gasteiger partial charge < -0.3 is 0 Å². The van der Waals surface area contributed by atoms with E-state index < -0.39 is 0 Å². The number of hydrogen-bond acceptors (Lipinski definition) is 2. The molecule has 0 N–H and O–H groups in total. The molecule has 0 saturated carbocycles. The smallest absolute Gasteiger partial charge is 0.0964 e. The Bertz CT molecular complexity index is 245. The van der Waals surface area contributed by atoms with Gasteiger partial charge in [0, 0.05) is 5.69 Å². The number of rotatable bonds is 2. The lowest BCUT2D eigenvalue weighted by Gasteiger charge is -2.02. The van der Waals surface area contributed by atoms with Crippen molar-refractivity contribution in [3.8, 4) is 0 Å². The lowest BCUT2D eigenvalue weighted by molar-refractivity contribution is 0.925. The Kier molecular flexibility index (Phi) is 2.94. The van der Waals surface area contributed by atoms with Crippen molar-refractivity contribution < 1.29 is 0 Å². The van der Waals surface area contributed by atoms with E-state index in [1.165, 1.54) is 5.56 Å². The minimum atomic E-state index is 0.881. The van der Waals surface area contributed by atoms with Gasteiger partial charge in [0.1, 0.15) is 0 Å². The first-order valence-corrected chi connectivity index (χ1v) is 4.40. The zero-order valence-corrected chi connectivity index (χ0v) is 7.86. The van der Waals surface area contributed by atoms with Crippen LogP contribution in [-0.4, -0.2) is 4.98 Å². The van der Waals surface area contributed by atoms with Crippen LogP contribution in [-0.2, 0) is 12.8 Å². The molecule has 0 radical (unpaired) electrons. The summed E-state index contributed by atoms with van der Waals surface area (Å²) in [7, 11) is 0. The van der Waals surface area contributed by atoms with Crippen molar-refractivity contribution in [2.75, 3.05) is 0 Å². The monoisotopic (exact) mass is 167 g/mol. The second-order valence-corrected chi connectivity index (χ2v) is 2.92. The summed E-state index contributed by atoms with van der Waals surface area (Å²) in [6.07, 6.45) is 1.99. The molecular formula is C9H13NS. The van der Waals surface area contributed by atoms with Crippen molar-refractivity contribution in [2.45, 2.75) is 31.7 Å². The zero-order chi connectivity index (χ0) is 8.27. The number of aromatic nitrogens is 1. The summed E-state index contributed by atoms with van der Waals surface area (Å²) >= 11 is 4.29. The fourth-order valence-corrected chi connectivity index (χ4v) is 1.35. The molecule has 0 unspecified atom stereocenters. The van der Waals surface area contributed by atoms with Gasteiger partial charge in [-0.2, -0.15) is 0 Å². The largest absolute Gasteiger partial charge is 0.247 e. The third-order valence-corrected chi connectivity index (χ3v) is 2.14. The fraction of sp³-hybridized carbons (Fsp3) is 0.444. The van der Waals surface area contributed by atoms with Gasteiger partial charge in [-0.3, -0.25) is 0 Å². The van der Waals surface area contributed by atoms with Gasteiger partial charge >= 0.3 is 0 Å². The predicted molar refractivity (Wildman–Crippen MR) is 50.2 cm³/mol. The van der Waals surface area contributed by atoms with Gasteiger partial charge in [-0.25, -0.2) is 4.98 Å². The second kappa shape index (κ2) is 3.77. The molecule has 0 spiro atoms. The van der Waals surface area contributed by atoms with E-state index in [0.717, 1.165) is 23.6 Å². The maximum Gasteiger partial charge on any atom is 0.0964 e. The molecule has 11 heavy (non-hydrogen) atoms. The summed E-state index contributed by atoms with van der Waals surface area (Å²) in [6.45, 7) is 4.21. The van der Waals surface area contributed by atoms with Crippen molar-refractivity contribution in [1.29, 1.82) is 0 Å². The van der Waals surface area contributed by atoms with Gasteiger partial charge in [0.15, 0.2) is 0 Å². The summed E-state index contributed by atoms with van der Waals surface area (Å²) in [5, 5.41) is 0.881. The van der Waals surface area contributed by atoms with Crippen LogP contribution < -0.4 is 0 Å². The number of hydrogen-bond donors (Lipinski definition) is 1. The van der Waals surface area contributed by atoms with E-state index in [4.69, 9.17) is 0 Å². The molecule has 0 aliphatic carbocycles. The third-order valence-electron chi connectivity index (χ3n) is 1.76.